The number of benzene rings is 1. The number of aromatic nitrogens is 4. The lowest BCUT2D eigenvalue weighted by atomic mass is 9.73. The van der Waals surface area contributed by atoms with Crippen LogP contribution in [0.3, 0.4) is 0 Å². The summed E-state index contributed by atoms with van der Waals surface area (Å²) in [4.78, 5) is 8.44. The van der Waals surface area contributed by atoms with Crippen molar-refractivity contribution in [3.8, 4) is 17.1 Å². The first kappa shape index (κ1) is 21.8. The molecule has 0 saturated carbocycles. The quantitative estimate of drug-likeness (QED) is 0.617. The van der Waals surface area contributed by atoms with Gasteiger partial charge >= 0.3 is 0 Å². The summed E-state index contributed by atoms with van der Waals surface area (Å²) in [5, 5.41) is 23.7. The molecule has 0 spiro atoms. The molecular formula is C24H25F2N5O2. The van der Waals surface area contributed by atoms with E-state index in [4.69, 9.17) is 4.74 Å². The van der Waals surface area contributed by atoms with Crippen LogP contribution < -0.4 is 5.32 Å². The Hall–Kier alpha value is -3.04. The van der Waals surface area contributed by atoms with Crippen LogP contribution in [0, 0.1) is 5.92 Å². The minimum absolute atomic E-state index is 0.0151. The van der Waals surface area contributed by atoms with E-state index in [0.29, 0.717) is 16.8 Å². The molecular weight excluding hydrogens is 428 g/mol. The number of phenols is 1. The van der Waals surface area contributed by atoms with Gasteiger partial charge < -0.3 is 9.84 Å². The number of halogens is 2. The van der Waals surface area contributed by atoms with Crippen LogP contribution in [-0.4, -0.2) is 55.5 Å². The zero-order chi connectivity index (χ0) is 23.6. The van der Waals surface area contributed by atoms with Gasteiger partial charge in [0, 0.05) is 42.8 Å². The predicted molar refractivity (Wildman–Crippen MR) is 120 cm³/mol. The molecule has 2 aliphatic rings. The zero-order valence-electron chi connectivity index (χ0n) is 18.6. The van der Waals surface area contributed by atoms with Gasteiger partial charge in [-0.25, -0.2) is 13.8 Å². The molecule has 2 aliphatic heterocycles. The van der Waals surface area contributed by atoms with Crippen molar-refractivity contribution in [1.82, 2.24) is 25.5 Å². The Morgan fingerprint density at radius 3 is 2.70 bits per heavy atom. The van der Waals surface area contributed by atoms with E-state index in [-0.39, 0.29) is 30.3 Å². The SMILES string of the molecule is C=C(c1cnc(-c2cc3ccncc3cc2O)nn1)[C@H]1C[C@@]2(C)N[C@](C)(CC2(F)F)[C@@H]1OC. The highest BCUT2D eigenvalue weighted by Gasteiger charge is 2.68. The Morgan fingerprint density at radius 1 is 1.21 bits per heavy atom. The van der Waals surface area contributed by atoms with Crippen LogP contribution in [0.4, 0.5) is 8.78 Å². The highest BCUT2D eigenvalue weighted by atomic mass is 19.3. The summed E-state index contributed by atoms with van der Waals surface area (Å²) in [5.74, 6) is -2.99. The van der Waals surface area contributed by atoms with Crippen molar-refractivity contribution in [2.24, 2.45) is 5.92 Å². The summed E-state index contributed by atoms with van der Waals surface area (Å²) in [6.07, 6.45) is 4.17. The summed E-state index contributed by atoms with van der Waals surface area (Å²) in [5.41, 5.74) is -0.860. The van der Waals surface area contributed by atoms with Crippen LogP contribution in [0.5, 0.6) is 5.75 Å². The van der Waals surface area contributed by atoms with Gasteiger partial charge in [0.25, 0.3) is 5.92 Å². The van der Waals surface area contributed by atoms with Crippen LogP contribution in [0.1, 0.15) is 32.4 Å². The number of nitrogens with one attached hydrogen (secondary N) is 1. The van der Waals surface area contributed by atoms with Crippen LogP contribution in [0.2, 0.25) is 0 Å². The van der Waals surface area contributed by atoms with Gasteiger partial charge in [-0.05, 0) is 49.4 Å². The Bertz CT molecular complexity index is 1250. The molecule has 2 fully saturated rings. The molecule has 2 N–H and O–H groups in total. The first-order chi connectivity index (χ1) is 15.6. The van der Waals surface area contributed by atoms with Gasteiger partial charge in [-0.2, -0.15) is 0 Å². The molecule has 1 aromatic carbocycles. The number of nitrogens with zero attached hydrogens (tertiary/aromatic N) is 4. The fraction of sp³-hybridized carbons (Fsp3) is 0.417. The van der Waals surface area contributed by atoms with Gasteiger partial charge in [0.15, 0.2) is 5.82 Å². The first-order valence-corrected chi connectivity index (χ1v) is 10.7. The molecule has 2 aromatic heterocycles. The largest absolute Gasteiger partial charge is 0.507 e. The van der Waals surface area contributed by atoms with E-state index in [1.807, 2.05) is 6.07 Å². The van der Waals surface area contributed by atoms with Crippen molar-refractivity contribution in [2.45, 2.75) is 49.8 Å². The fourth-order valence-electron chi connectivity index (χ4n) is 5.55. The van der Waals surface area contributed by atoms with Gasteiger partial charge in [0.05, 0.1) is 23.4 Å². The number of phenolic OH excluding ortho intramolecular Hbond substituents is 1. The maximum absolute atomic E-state index is 14.9. The summed E-state index contributed by atoms with van der Waals surface area (Å²) < 4.78 is 35.4. The predicted octanol–water partition coefficient (Wildman–Crippen LogP) is 3.99. The van der Waals surface area contributed by atoms with Crippen molar-refractivity contribution in [1.29, 1.82) is 0 Å². The van der Waals surface area contributed by atoms with Gasteiger partial charge in [0.2, 0.25) is 0 Å². The number of alkyl halides is 2. The van der Waals surface area contributed by atoms with Crippen molar-refractivity contribution < 1.29 is 18.6 Å². The smallest absolute Gasteiger partial charge is 0.267 e. The van der Waals surface area contributed by atoms with Crippen LogP contribution in [-0.2, 0) is 4.74 Å². The Kier molecular flexibility index (Phi) is 4.77. The molecule has 0 aliphatic carbocycles. The average Bonchev–Trinajstić information content (AvgIpc) is 2.92. The lowest BCUT2D eigenvalue weighted by molar-refractivity contribution is -0.0653. The normalized spacial score (nSPS) is 30.5. The molecule has 9 heteroatoms. The fourth-order valence-corrected chi connectivity index (χ4v) is 5.55. The second-order valence-electron chi connectivity index (χ2n) is 9.51. The van der Waals surface area contributed by atoms with E-state index >= 15 is 0 Å². The molecule has 0 amide bonds. The molecule has 3 aromatic rings. The summed E-state index contributed by atoms with van der Waals surface area (Å²) in [6, 6.07) is 5.20. The number of methoxy groups -OCH3 is 1. The lowest BCUT2D eigenvalue weighted by Gasteiger charge is -2.47. The van der Waals surface area contributed by atoms with Gasteiger partial charge in [0.1, 0.15) is 11.4 Å². The van der Waals surface area contributed by atoms with Gasteiger partial charge in [-0.3, -0.25) is 10.3 Å². The Balaban J connectivity index is 1.46. The van der Waals surface area contributed by atoms with Crippen LogP contribution in [0.25, 0.3) is 27.7 Å². The van der Waals surface area contributed by atoms with E-state index in [1.54, 1.807) is 38.4 Å². The van der Waals surface area contributed by atoms with E-state index in [9.17, 15) is 13.9 Å². The van der Waals surface area contributed by atoms with E-state index in [0.717, 1.165) is 10.8 Å². The first-order valence-electron chi connectivity index (χ1n) is 10.7. The molecule has 2 bridgehead atoms. The Morgan fingerprint density at radius 2 is 2.00 bits per heavy atom. The van der Waals surface area contributed by atoms with Gasteiger partial charge in [-0.15, -0.1) is 10.2 Å². The highest BCUT2D eigenvalue weighted by Crippen LogP contribution is 2.55. The number of rotatable bonds is 4. The monoisotopic (exact) mass is 453 g/mol. The van der Waals surface area contributed by atoms with Crippen molar-refractivity contribution in [3.05, 3.63) is 49.1 Å². The average molecular weight is 453 g/mol. The van der Waals surface area contributed by atoms with E-state index in [2.05, 4.69) is 32.1 Å². The number of hydrogen-bond acceptors (Lipinski definition) is 7. The number of hydrogen-bond donors (Lipinski definition) is 2. The molecule has 172 valence electrons. The van der Waals surface area contributed by atoms with Crippen LogP contribution >= 0.6 is 0 Å². The van der Waals surface area contributed by atoms with Crippen molar-refractivity contribution in [2.75, 3.05) is 7.11 Å². The third kappa shape index (κ3) is 3.29. The van der Waals surface area contributed by atoms with Crippen molar-refractivity contribution >= 4 is 16.3 Å². The Labute approximate surface area is 189 Å². The number of ether oxygens (including phenoxy) is 1. The minimum Gasteiger partial charge on any atom is -0.507 e. The second-order valence-corrected chi connectivity index (χ2v) is 9.51. The summed E-state index contributed by atoms with van der Waals surface area (Å²) in [7, 11) is 1.53. The molecule has 4 atom stereocenters. The second kappa shape index (κ2) is 7.23. The zero-order valence-corrected chi connectivity index (χ0v) is 18.6. The molecule has 4 heterocycles. The third-order valence-corrected chi connectivity index (χ3v) is 7.17. The lowest BCUT2D eigenvalue weighted by Crippen LogP contribution is -2.64. The molecule has 7 nitrogen and oxygen atoms in total. The molecule has 33 heavy (non-hydrogen) atoms. The van der Waals surface area contributed by atoms with Crippen LogP contribution in [0.15, 0.2) is 43.4 Å². The number of piperidine rings is 1. The summed E-state index contributed by atoms with van der Waals surface area (Å²) in [6.45, 7) is 7.48. The summed E-state index contributed by atoms with van der Waals surface area (Å²) >= 11 is 0. The van der Waals surface area contributed by atoms with Gasteiger partial charge in [-0.1, -0.05) is 6.58 Å². The van der Waals surface area contributed by atoms with Crippen molar-refractivity contribution in [3.63, 3.8) is 0 Å². The number of pyridine rings is 1. The topological polar surface area (TPSA) is 93.1 Å². The minimum atomic E-state index is -2.87. The maximum atomic E-state index is 14.9. The van der Waals surface area contributed by atoms with E-state index in [1.165, 1.54) is 13.3 Å². The maximum Gasteiger partial charge on any atom is 0.267 e. The third-order valence-electron chi connectivity index (χ3n) is 7.17. The standard InChI is InChI=1S/C24H25F2N5O2/c1-13(17-9-23(3)24(25,26)12-22(2,31-23)20(17)33-4)18-11-28-21(30-29-18)16-7-14-5-6-27-10-15(14)8-19(16)32/h5-8,10-11,17,20,31-32H,1,9,12H2,2-4H3/t17-,20-,22-,23-/m1/s1. The molecule has 5 rings (SSSR count). The van der Waals surface area contributed by atoms with E-state index < -0.39 is 23.1 Å². The highest BCUT2D eigenvalue weighted by molar-refractivity contribution is 5.88. The number of fused-ring (bicyclic) bond motifs is 3. The number of aromatic hydroxyl groups is 1. The molecule has 0 radical (unpaired) electrons. The molecule has 0 unspecified atom stereocenters. The molecule has 2 saturated heterocycles.